The molecule has 1 heterocycles. The Morgan fingerprint density at radius 3 is 2.29 bits per heavy atom. The topological polar surface area (TPSA) is 72.7 Å². The highest BCUT2D eigenvalue weighted by Gasteiger charge is 2.52. The zero-order valence-corrected chi connectivity index (χ0v) is 20.1. The van der Waals surface area contributed by atoms with Gasteiger partial charge in [0.25, 0.3) is 0 Å². The molecule has 3 unspecified atom stereocenters. The summed E-state index contributed by atoms with van der Waals surface area (Å²) in [7, 11) is 0. The predicted molar refractivity (Wildman–Crippen MR) is 132 cm³/mol. The van der Waals surface area contributed by atoms with Crippen LogP contribution in [-0.4, -0.2) is 48.1 Å². The lowest BCUT2D eigenvalue weighted by Gasteiger charge is -2.48. The van der Waals surface area contributed by atoms with Gasteiger partial charge in [-0.2, -0.15) is 0 Å². The van der Waals surface area contributed by atoms with E-state index in [0.29, 0.717) is 24.8 Å². The van der Waals surface area contributed by atoms with Crippen molar-refractivity contribution < 1.29 is 14.5 Å². The number of likely N-dealkylation sites (tertiary alicyclic amines) is 1. The van der Waals surface area contributed by atoms with Gasteiger partial charge in [-0.3, -0.25) is 19.8 Å². The van der Waals surface area contributed by atoms with E-state index in [2.05, 4.69) is 35.2 Å². The number of hydrogen-bond donors (Lipinski definition) is 0. The lowest BCUT2D eigenvalue weighted by Crippen LogP contribution is -2.53. The fourth-order valence-corrected chi connectivity index (χ4v) is 6.30. The number of piperidine rings is 1. The van der Waals surface area contributed by atoms with Gasteiger partial charge in [-0.25, -0.2) is 0 Å². The molecule has 3 atom stereocenters. The lowest BCUT2D eigenvalue weighted by molar-refractivity contribution is -0.486. The van der Waals surface area contributed by atoms with Crippen molar-refractivity contribution in [3.8, 4) is 0 Å². The Labute approximate surface area is 202 Å². The molecule has 0 radical (unpaired) electrons. The van der Waals surface area contributed by atoms with Gasteiger partial charge in [0, 0.05) is 11.0 Å². The molecule has 0 spiro atoms. The first-order chi connectivity index (χ1) is 16.5. The minimum absolute atomic E-state index is 0.265. The highest BCUT2D eigenvalue weighted by atomic mass is 16.6. The number of hydrogen-bond acceptors (Lipinski definition) is 5. The summed E-state index contributed by atoms with van der Waals surface area (Å²) in [6.07, 6.45) is 5.97. The van der Waals surface area contributed by atoms with Gasteiger partial charge >= 0.3 is 5.97 Å². The number of rotatable bonds is 8. The van der Waals surface area contributed by atoms with E-state index in [4.69, 9.17) is 4.74 Å². The van der Waals surface area contributed by atoms with E-state index in [9.17, 15) is 14.9 Å². The maximum atomic E-state index is 13.4. The number of nitrogens with zero attached hydrogens (tertiary/aromatic N) is 2. The summed E-state index contributed by atoms with van der Waals surface area (Å²) in [5, 5.41) is 11.7. The minimum atomic E-state index is -0.877. The predicted octanol–water partition coefficient (Wildman–Crippen LogP) is 5.42. The van der Waals surface area contributed by atoms with Crippen LogP contribution in [0, 0.1) is 15.5 Å². The zero-order chi connectivity index (χ0) is 24.0. The second-order valence-electron chi connectivity index (χ2n) is 9.76. The van der Waals surface area contributed by atoms with Crippen LogP contribution < -0.4 is 0 Å². The fraction of sp³-hybridized carbons (Fsp3) is 0.536. The first-order valence-electron chi connectivity index (χ1n) is 12.7. The summed E-state index contributed by atoms with van der Waals surface area (Å²) >= 11 is 0. The van der Waals surface area contributed by atoms with E-state index in [0.717, 1.165) is 25.1 Å². The molecule has 2 fully saturated rings. The van der Waals surface area contributed by atoms with Crippen LogP contribution in [0.1, 0.15) is 68.4 Å². The molecule has 182 valence electrons. The third-order valence-corrected chi connectivity index (χ3v) is 8.00. The molecule has 1 saturated heterocycles. The van der Waals surface area contributed by atoms with Gasteiger partial charge in [0.1, 0.15) is 0 Å². The van der Waals surface area contributed by atoms with Crippen molar-refractivity contribution in [3.63, 3.8) is 0 Å². The Bertz CT molecular complexity index is 941. The third-order valence-electron chi connectivity index (χ3n) is 8.00. The number of nitro groups is 1. The number of carbonyl (C=O) groups excluding carboxylic acids is 1. The summed E-state index contributed by atoms with van der Waals surface area (Å²) < 4.78 is 5.56. The van der Waals surface area contributed by atoms with Gasteiger partial charge in [-0.15, -0.1) is 0 Å². The van der Waals surface area contributed by atoms with Crippen molar-refractivity contribution >= 4 is 5.97 Å². The van der Waals surface area contributed by atoms with Gasteiger partial charge in [-0.05, 0) is 62.7 Å². The molecule has 0 N–H and O–H groups in total. The zero-order valence-electron chi connectivity index (χ0n) is 20.1. The van der Waals surface area contributed by atoms with Crippen LogP contribution in [0.3, 0.4) is 0 Å². The second-order valence-corrected chi connectivity index (χ2v) is 9.76. The van der Waals surface area contributed by atoms with Crippen LogP contribution in [0.15, 0.2) is 60.7 Å². The molecular weight excluding hydrogens is 428 g/mol. The van der Waals surface area contributed by atoms with E-state index in [-0.39, 0.29) is 24.0 Å². The highest BCUT2D eigenvalue weighted by molar-refractivity contribution is 5.78. The monoisotopic (exact) mass is 464 g/mol. The number of ether oxygens (including phenoxy) is 1. The summed E-state index contributed by atoms with van der Waals surface area (Å²) in [5.41, 5.74) is 1.36. The van der Waals surface area contributed by atoms with Crippen LogP contribution in [0.5, 0.6) is 0 Å². The van der Waals surface area contributed by atoms with Crippen LogP contribution in [0.4, 0.5) is 0 Å². The SMILES string of the molecule is CCOC(=O)C1(C(C[N+](=O)[O-])c2ccccc2)CCN(C2CCCCC2c2ccccc2)CC1. The molecule has 6 nitrogen and oxygen atoms in total. The van der Waals surface area contributed by atoms with Gasteiger partial charge < -0.3 is 4.74 Å². The lowest BCUT2D eigenvalue weighted by atomic mass is 9.65. The van der Waals surface area contributed by atoms with E-state index in [1.54, 1.807) is 6.92 Å². The van der Waals surface area contributed by atoms with Crippen LogP contribution in [-0.2, 0) is 9.53 Å². The Morgan fingerprint density at radius 1 is 1.06 bits per heavy atom. The molecule has 2 aromatic carbocycles. The van der Waals surface area contributed by atoms with Crippen molar-refractivity contribution in [3.05, 3.63) is 81.9 Å². The molecule has 2 aliphatic rings. The first kappa shape index (κ1) is 24.4. The van der Waals surface area contributed by atoms with E-state index in [1.807, 2.05) is 30.3 Å². The van der Waals surface area contributed by atoms with Crippen molar-refractivity contribution in [2.45, 2.75) is 63.3 Å². The quantitative estimate of drug-likeness (QED) is 0.296. The van der Waals surface area contributed by atoms with E-state index >= 15 is 0 Å². The molecule has 4 rings (SSSR count). The van der Waals surface area contributed by atoms with E-state index in [1.165, 1.54) is 24.8 Å². The molecule has 34 heavy (non-hydrogen) atoms. The number of carbonyl (C=O) groups is 1. The van der Waals surface area contributed by atoms with E-state index < -0.39 is 11.3 Å². The van der Waals surface area contributed by atoms with Crippen molar-refractivity contribution in [2.24, 2.45) is 5.41 Å². The average Bonchev–Trinajstić information content (AvgIpc) is 2.88. The Hall–Kier alpha value is -2.73. The molecule has 1 aliphatic heterocycles. The van der Waals surface area contributed by atoms with Gasteiger partial charge in [0.05, 0.1) is 17.9 Å². The second kappa shape index (κ2) is 11.1. The van der Waals surface area contributed by atoms with Crippen LogP contribution >= 0.6 is 0 Å². The van der Waals surface area contributed by atoms with Crippen LogP contribution in [0.2, 0.25) is 0 Å². The molecule has 0 amide bonds. The number of benzene rings is 2. The summed E-state index contributed by atoms with van der Waals surface area (Å²) in [6.45, 7) is 3.34. The maximum absolute atomic E-state index is 13.4. The molecule has 0 bridgehead atoms. The van der Waals surface area contributed by atoms with Crippen molar-refractivity contribution in [1.82, 2.24) is 4.90 Å². The smallest absolute Gasteiger partial charge is 0.313 e. The summed E-state index contributed by atoms with van der Waals surface area (Å²) in [6, 6.07) is 20.7. The van der Waals surface area contributed by atoms with Crippen molar-refractivity contribution in [2.75, 3.05) is 26.2 Å². The molecule has 0 aromatic heterocycles. The third kappa shape index (κ3) is 5.17. The largest absolute Gasteiger partial charge is 0.466 e. The summed E-state index contributed by atoms with van der Waals surface area (Å²) in [5.74, 6) is -0.288. The van der Waals surface area contributed by atoms with Gasteiger partial charge in [0.2, 0.25) is 6.54 Å². The molecule has 2 aromatic rings. The van der Waals surface area contributed by atoms with Gasteiger partial charge in [0.15, 0.2) is 0 Å². The maximum Gasteiger partial charge on any atom is 0.313 e. The molecule has 6 heteroatoms. The molecule has 1 saturated carbocycles. The Balaban J connectivity index is 1.60. The minimum Gasteiger partial charge on any atom is -0.466 e. The Kier molecular flexibility index (Phi) is 7.99. The summed E-state index contributed by atoms with van der Waals surface area (Å²) in [4.78, 5) is 27.4. The highest BCUT2D eigenvalue weighted by Crippen LogP contribution is 2.48. The van der Waals surface area contributed by atoms with Crippen LogP contribution in [0.25, 0.3) is 0 Å². The Morgan fingerprint density at radius 2 is 1.68 bits per heavy atom. The molecule has 1 aliphatic carbocycles. The average molecular weight is 465 g/mol. The normalized spacial score (nSPS) is 23.7. The fourth-order valence-electron chi connectivity index (χ4n) is 6.30. The van der Waals surface area contributed by atoms with Crippen molar-refractivity contribution in [1.29, 1.82) is 0 Å². The molecular formula is C28H36N2O4. The standard InChI is InChI=1S/C28H36N2O4/c1-2-34-27(31)28(25(21-30(32)33)23-13-7-4-8-14-23)17-19-29(20-18-28)26-16-10-9-15-24(26)22-11-5-3-6-12-22/h3-8,11-14,24-26H,2,9-10,15-21H2,1H3. The number of esters is 1. The first-order valence-corrected chi connectivity index (χ1v) is 12.7. The van der Waals surface area contributed by atoms with Gasteiger partial charge in [-0.1, -0.05) is 73.5 Å².